The van der Waals surface area contributed by atoms with E-state index in [0.29, 0.717) is 19.2 Å². The first kappa shape index (κ1) is 18.1. The van der Waals surface area contributed by atoms with Crippen LogP contribution in [0.5, 0.6) is 5.75 Å². The Hall–Kier alpha value is -1.75. The van der Waals surface area contributed by atoms with Gasteiger partial charge >= 0.3 is 6.03 Å². The van der Waals surface area contributed by atoms with Crippen LogP contribution in [-0.2, 0) is 6.54 Å². The number of aliphatic hydroxyl groups excluding tert-OH is 1. The van der Waals surface area contributed by atoms with E-state index in [1.165, 1.54) is 19.3 Å². The van der Waals surface area contributed by atoms with E-state index in [2.05, 4.69) is 5.32 Å². The number of nitrogens with zero attached hydrogens (tertiary/aromatic N) is 1. The van der Waals surface area contributed by atoms with E-state index in [1.54, 1.807) is 0 Å². The fourth-order valence-corrected chi connectivity index (χ4v) is 3.75. The summed E-state index contributed by atoms with van der Waals surface area (Å²) >= 11 is 0. The van der Waals surface area contributed by atoms with Crippen molar-refractivity contribution in [2.75, 3.05) is 19.7 Å². The zero-order valence-corrected chi connectivity index (χ0v) is 15.0. The molecule has 25 heavy (non-hydrogen) atoms. The molecule has 0 radical (unpaired) electrons. The molecule has 1 aliphatic heterocycles. The number of benzene rings is 1. The Labute approximate surface area is 150 Å². The van der Waals surface area contributed by atoms with Gasteiger partial charge in [0.25, 0.3) is 0 Å². The van der Waals surface area contributed by atoms with Gasteiger partial charge < -0.3 is 20.1 Å². The molecule has 1 aromatic carbocycles. The van der Waals surface area contributed by atoms with Gasteiger partial charge in [-0.15, -0.1) is 0 Å². The van der Waals surface area contributed by atoms with Gasteiger partial charge in [-0.05, 0) is 62.1 Å². The number of carbonyl (C=O) groups excluding carboxylic acids is 1. The minimum atomic E-state index is -0.0410. The van der Waals surface area contributed by atoms with Crippen LogP contribution >= 0.6 is 0 Å². The summed E-state index contributed by atoms with van der Waals surface area (Å²) in [6, 6.07) is 7.99. The van der Waals surface area contributed by atoms with Crippen LogP contribution in [0.1, 0.15) is 50.5 Å². The lowest BCUT2D eigenvalue weighted by Gasteiger charge is -2.31. The molecule has 1 heterocycles. The number of likely N-dealkylation sites (tertiary alicyclic amines) is 1. The van der Waals surface area contributed by atoms with Gasteiger partial charge in [0.05, 0.1) is 6.10 Å². The quantitative estimate of drug-likeness (QED) is 0.860. The first-order valence-corrected chi connectivity index (χ1v) is 9.64. The topological polar surface area (TPSA) is 61.8 Å². The van der Waals surface area contributed by atoms with Crippen molar-refractivity contribution in [2.24, 2.45) is 5.92 Å². The smallest absolute Gasteiger partial charge is 0.317 e. The van der Waals surface area contributed by atoms with Crippen LogP contribution in [0.15, 0.2) is 24.3 Å². The zero-order chi connectivity index (χ0) is 17.5. The first-order valence-electron chi connectivity index (χ1n) is 9.64. The number of amides is 2. The molecule has 0 spiro atoms. The van der Waals surface area contributed by atoms with E-state index in [9.17, 15) is 9.90 Å². The summed E-state index contributed by atoms with van der Waals surface area (Å²) in [6.45, 7) is 2.10. The first-order chi connectivity index (χ1) is 12.2. The molecule has 0 aromatic heterocycles. The number of aliphatic hydroxyl groups is 1. The monoisotopic (exact) mass is 346 g/mol. The van der Waals surface area contributed by atoms with E-state index in [-0.39, 0.29) is 18.6 Å². The van der Waals surface area contributed by atoms with Crippen LogP contribution in [0, 0.1) is 5.92 Å². The molecule has 3 rings (SSSR count). The number of hydrogen-bond acceptors (Lipinski definition) is 3. The van der Waals surface area contributed by atoms with Gasteiger partial charge in [0.15, 0.2) is 0 Å². The summed E-state index contributed by atoms with van der Waals surface area (Å²) in [4.78, 5) is 14.1. The number of nitrogens with one attached hydrogen (secondary N) is 1. The predicted molar refractivity (Wildman–Crippen MR) is 97.6 cm³/mol. The van der Waals surface area contributed by atoms with Crippen LogP contribution in [0.4, 0.5) is 4.79 Å². The van der Waals surface area contributed by atoms with Gasteiger partial charge in [-0.2, -0.15) is 0 Å². The summed E-state index contributed by atoms with van der Waals surface area (Å²) in [6.07, 6.45) is 8.50. The summed E-state index contributed by atoms with van der Waals surface area (Å²) in [7, 11) is 0. The molecule has 2 amide bonds. The van der Waals surface area contributed by atoms with Crippen LogP contribution < -0.4 is 10.1 Å². The largest absolute Gasteiger partial charge is 0.490 e. The Balaban J connectivity index is 1.44. The molecule has 2 aliphatic rings. The van der Waals surface area contributed by atoms with Gasteiger partial charge in [0.2, 0.25) is 0 Å². The molecule has 5 heteroatoms. The van der Waals surface area contributed by atoms with Crippen molar-refractivity contribution in [3.8, 4) is 5.75 Å². The van der Waals surface area contributed by atoms with Crippen molar-refractivity contribution in [3.05, 3.63) is 29.8 Å². The maximum Gasteiger partial charge on any atom is 0.317 e. The lowest BCUT2D eigenvalue weighted by Crippen LogP contribution is -2.45. The number of hydrogen-bond donors (Lipinski definition) is 2. The average Bonchev–Trinajstić information content (AvgIpc) is 2.68. The second kappa shape index (κ2) is 9.09. The van der Waals surface area contributed by atoms with E-state index < -0.39 is 0 Å². The van der Waals surface area contributed by atoms with Crippen LogP contribution in [0.2, 0.25) is 0 Å². The molecule has 0 bridgehead atoms. The molecule has 2 N–H and O–H groups in total. The van der Waals surface area contributed by atoms with E-state index in [0.717, 1.165) is 43.5 Å². The molecule has 1 atom stereocenters. The number of urea groups is 1. The Morgan fingerprint density at radius 3 is 2.60 bits per heavy atom. The average molecular weight is 346 g/mol. The minimum absolute atomic E-state index is 0.0410. The highest BCUT2D eigenvalue weighted by molar-refractivity contribution is 5.74. The van der Waals surface area contributed by atoms with Crippen molar-refractivity contribution in [1.29, 1.82) is 0 Å². The number of carbonyl (C=O) groups is 1. The standard InChI is InChI=1S/C20H30N2O3/c23-15-17-5-4-12-22(14-17)20(24)21-13-16-8-10-19(11-9-16)25-18-6-2-1-3-7-18/h8-11,17-18,23H,1-7,12-15H2,(H,21,24). The molecule has 1 aromatic rings. The molecule has 1 unspecified atom stereocenters. The maximum absolute atomic E-state index is 12.3. The summed E-state index contributed by atoms with van der Waals surface area (Å²) in [5.41, 5.74) is 1.07. The van der Waals surface area contributed by atoms with Crippen molar-refractivity contribution >= 4 is 6.03 Å². The predicted octanol–water partition coefficient (Wildman–Crippen LogP) is 3.31. The highest BCUT2D eigenvalue weighted by Crippen LogP contribution is 2.23. The molecule has 138 valence electrons. The second-order valence-electron chi connectivity index (χ2n) is 7.32. The molecular weight excluding hydrogens is 316 g/mol. The summed E-state index contributed by atoms with van der Waals surface area (Å²) in [5.74, 6) is 1.14. The Morgan fingerprint density at radius 2 is 1.88 bits per heavy atom. The number of rotatable bonds is 5. The third-order valence-corrected chi connectivity index (χ3v) is 5.29. The third kappa shape index (κ3) is 5.36. The van der Waals surface area contributed by atoms with E-state index in [4.69, 9.17) is 4.74 Å². The normalized spacial score (nSPS) is 21.8. The highest BCUT2D eigenvalue weighted by atomic mass is 16.5. The van der Waals surface area contributed by atoms with Crippen molar-refractivity contribution < 1.29 is 14.6 Å². The molecule has 5 nitrogen and oxygen atoms in total. The van der Waals surface area contributed by atoms with Crippen LogP contribution in [-0.4, -0.2) is 41.8 Å². The van der Waals surface area contributed by atoms with Gasteiger partial charge in [0, 0.05) is 26.2 Å². The molecule has 1 aliphatic carbocycles. The maximum atomic E-state index is 12.3. The molecule has 1 saturated carbocycles. The second-order valence-corrected chi connectivity index (χ2v) is 7.32. The Kier molecular flexibility index (Phi) is 6.56. The van der Waals surface area contributed by atoms with Gasteiger partial charge in [-0.3, -0.25) is 0 Å². The van der Waals surface area contributed by atoms with Gasteiger partial charge in [0.1, 0.15) is 5.75 Å². The van der Waals surface area contributed by atoms with Gasteiger partial charge in [-0.1, -0.05) is 18.6 Å². The Bertz CT molecular complexity index is 540. The SMILES string of the molecule is O=C(NCc1ccc(OC2CCCCC2)cc1)N1CCCC(CO)C1. The number of piperidine rings is 1. The molecule has 2 fully saturated rings. The molecule has 1 saturated heterocycles. The van der Waals surface area contributed by atoms with Crippen LogP contribution in [0.25, 0.3) is 0 Å². The van der Waals surface area contributed by atoms with Gasteiger partial charge in [-0.25, -0.2) is 4.79 Å². The van der Waals surface area contributed by atoms with Crippen molar-refractivity contribution in [2.45, 2.75) is 57.6 Å². The van der Waals surface area contributed by atoms with E-state index in [1.807, 2.05) is 29.2 Å². The van der Waals surface area contributed by atoms with Crippen LogP contribution in [0.3, 0.4) is 0 Å². The highest BCUT2D eigenvalue weighted by Gasteiger charge is 2.22. The minimum Gasteiger partial charge on any atom is -0.490 e. The lowest BCUT2D eigenvalue weighted by atomic mass is 9.98. The van der Waals surface area contributed by atoms with E-state index >= 15 is 0 Å². The molecular formula is C20H30N2O3. The number of ether oxygens (including phenoxy) is 1. The summed E-state index contributed by atoms with van der Waals surface area (Å²) < 4.78 is 6.04. The lowest BCUT2D eigenvalue weighted by molar-refractivity contribution is 0.129. The third-order valence-electron chi connectivity index (χ3n) is 5.29. The zero-order valence-electron chi connectivity index (χ0n) is 15.0. The van der Waals surface area contributed by atoms with Crippen molar-refractivity contribution in [3.63, 3.8) is 0 Å². The fourth-order valence-electron chi connectivity index (χ4n) is 3.75. The summed E-state index contributed by atoms with van der Waals surface area (Å²) in [5, 5.41) is 12.3. The Morgan fingerprint density at radius 1 is 1.12 bits per heavy atom. The van der Waals surface area contributed by atoms with Crippen molar-refractivity contribution in [1.82, 2.24) is 10.2 Å². The fraction of sp³-hybridized carbons (Fsp3) is 0.650.